The highest BCUT2D eigenvalue weighted by Gasteiger charge is 2.20. The zero-order valence-corrected chi connectivity index (χ0v) is 9.95. The average Bonchev–Trinajstić information content (AvgIpc) is 3.09. The van der Waals surface area contributed by atoms with Gasteiger partial charge in [0.1, 0.15) is 5.75 Å². The Balaban J connectivity index is 1.67. The van der Waals surface area contributed by atoms with E-state index in [2.05, 4.69) is 12.2 Å². The molecule has 16 heavy (non-hydrogen) atoms. The SMILES string of the molecule is CC(CCc1ccc(O)cc1)CNC1CC1. The predicted octanol–water partition coefficient (Wildman–Crippen LogP) is 2.71. The second-order valence-corrected chi connectivity index (χ2v) is 4.99. The summed E-state index contributed by atoms with van der Waals surface area (Å²) in [4.78, 5) is 0. The highest BCUT2D eigenvalue weighted by molar-refractivity contribution is 5.25. The molecule has 0 bridgehead atoms. The molecule has 1 aliphatic carbocycles. The molecule has 1 aliphatic rings. The van der Waals surface area contributed by atoms with Crippen LogP contribution in [0.25, 0.3) is 0 Å². The van der Waals surface area contributed by atoms with Crippen molar-refractivity contribution in [1.82, 2.24) is 5.32 Å². The molecule has 1 aromatic rings. The molecule has 1 fully saturated rings. The first-order valence-electron chi connectivity index (χ1n) is 6.25. The molecule has 0 heterocycles. The summed E-state index contributed by atoms with van der Waals surface area (Å²) in [6.45, 7) is 3.44. The van der Waals surface area contributed by atoms with Crippen LogP contribution in [0.2, 0.25) is 0 Å². The summed E-state index contributed by atoms with van der Waals surface area (Å²) in [7, 11) is 0. The van der Waals surface area contributed by atoms with Gasteiger partial charge in [-0.05, 0) is 55.8 Å². The van der Waals surface area contributed by atoms with Crippen molar-refractivity contribution in [3.05, 3.63) is 29.8 Å². The van der Waals surface area contributed by atoms with Crippen LogP contribution in [0.5, 0.6) is 5.75 Å². The fourth-order valence-corrected chi connectivity index (χ4v) is 1.83. The Morgan fingerprint density at radius 3 is 2.62 bits per heavy atom. The van der Waals surface area contributed by atoms with Gasteiger partial charge < -0.3 is 10.4 Å². The number of aromatic hydroxyl groups is 1. The fourth-order valence-electron chi connectivity index (χ4n) is 1.83. The van der Waals surface area contributed by atoms with Crippen molar-refractivity contribution < 1.29 is 5.11 Å². The van der Waals surface area contributed by atoms with Crippen LogP contribution in [0.15, 0.2) is 24.3 Å². The lowest BCUT2D eigenvalue weighted by atomic mass is 10.0. The summed E-state index contributed by atoms with van der Waals surface area (Å²) in [6.07, 6.45) is 5.05. The molecule has 2 heteroatoms. The Bertz CT molecular complexity index is 316. The number of nitrogens with one attached hydrogen (secondary N) is 1. The van der Waals surface area contributed by atoms with E-state index in [0.717, 1.165) is 24.9 Å². The molecule has 2 nitrogen and oxygen atoms in total. The Morgan fingerprint density at radius 2 is 2.00 bits per heavy atom. The molecular formula is C14H21NO. The Hall–Kier alpha value is -1.02. The average molecular weight is 219 g/mol. The van der Waals surface area contributed by atoms with Crippen LogP contribution in [0.3, 0.4) is 0 Å². The fraction of sp³-hybridized carbons (Fsp3) is 0.571. The first kappa shape index (κ1) is 11.5. The third kappa shape index (κ3) is 3.86. The van der Waals surface area contributed by atoms with Crippen LogP contribution in [0.4, 0.5) is 0 Å². The topological polar surface area (TPSA) is 32.3 Å². The van der Waals surface area contributed by atoms with Crippen LogP contribution in [0, 0.1) is 5.92 Å². The molecule has 2 N–H and O–H groups in total. The molecular weight excluding hydrogens is 198 g/mol. The molecule has 88 valence electrons. The predicted molar refractivity (Wildman–Crippen MR) is 66.6 cm³/mol. The van der Waals surface area contributed by atoms with Gasteiger partial charge in [0, 0.05) is 6.04 Å². The monoisotopic (exact) mass is 219 g/mol. The molecule has 0 spiro atoms. The van der Waals surface area contributed by atoms with Crippen LogP contribution in [0.1, 0.15) is 31.7 Å². The van der Waals surface area contributed by atoms with E-state index in [4.69, 9.17) is 0 Å². The number of phenolic OH excluding ortho intramolecular Hbond substituents is 1. The van der Waals surface area contributed by atoms with E-state index in [0.29, 0.717) is 5.75 Å². The summed E-state index contributed by atoms with van der Waals surface area (Å²) >= 11 is 0. The van der Waals surface area contributed by atoms with Gasteiger partial charge in [0.05, 0.1) is 0 Å². The van der Waals surface area contributed by atoms with Crippen molar-refractivity contribution in [2.45, 2.75) is 38.6 Å². The molecule has 1 aromatic carbocycles. The summed E-state index contributed by atoms with van der Waals surface area (Å²) in [6, 6.07) is 8.37. The van der Waals surface area contributed by atoms with E-state index >= 15 is 0 Å². The van der Waals surface area contributed by atoms with Crippen molar-refractivity contribution >= 4 is 0 Å². The van der Waals surface area contributed by atoms with Gasteiger partial charge in [-0.1, -0.05) is 19.1 Å². The highest BCUT2D eigenvalue weighted by atomic mass is 16.3. The van der Waals surface area contributed by atoms with Gasteiger partial charge in [-0.2, -0.15) is 0 Å². The minimum atomic E-state index is 0.354. The second-order valence-electron chi connectivity index (χ2n) is 4.99. The van der Waals surface area contributed by atoms with Crippen molar-refractivity contribution in [3.63, 3.8) is 0 Å². The maximum absolute atomic E-state index is 9.18. The van der Waals surface area contributed by atoms with Gasteiger partial charge in [0.25, 0.3) is 0 Å². The maximum Gasteiger partial charge on any atom is 0.115 e. The zero-order chi connectivity index (χ0) is 11.4. The molecule has 1 saturated carbocycles. The maximum atomic E-state index is 9.18. The summed E-state index contributed by atoms with van der Waals surface area (Å²) in [5.41, 5.74) is 1.32. The lowest BCUT2D eigenvalue weighted by Crippen LogP contribution is -2.23. The molecule has 0 aliphatic heterocycles. The van der Waals surface area contributed by atoms with Crippen LogP contribution >= 0.6 is 0 Å². The van der Waals surface area contributed by atoms with E-state index in [9.17, 15) is 5.11 Å². The second kappa shape index (κ2) is 5.35. The largest absolute Gasteiger partial charge is 0.508 e. The molecule has 0 radical (unpaired) electrons. The van der Waals surface area contributed by atoms with Crippen molar-refractivity contribution in [2.24, 2.45) is 5.92 Å². The number of hydrogen-bond donors (Lipinski definition) is 2. The van der Waals surface area contributed by atoms with Gasteiger partial charge in [0.2, 0.25) is 0 Å². The number of benzene rings is 1. The first-order chi connectivity index (χ1) is 7.74. The third-order valence-corrected chi connectivity index (χ3v) is 3.19. The van der Waals surface area contributed by atoms with E-state index < -0.39 is 0 Å². The van der Waals surface area contributed by atoms with Crippen molar-refractivity contribution in [2.75, 3.05) is 6.54 Å². The first-order valence-corrected chi connectivity index (χ1v) is 6.25. The Morgan fingerprint density at radius 1 is 1.31 bits per heavy atom. The summed E-state index contributed by atoms with van der Waals surface area (Å²) in [5.74, 6) is 1.08. The van der Waals surface area contributed by atoms with Gasteiger partial charge in [0.15, 0.2) is 0 Å². The van der Waals surface area contributed by atoms with E-state index in [1.54, 1.807) is 12.1 Å². The highest BCUT2D eigenvalue weighted by Crippen LogP contribution is 2.19. The Labute approximate surface area is 97.7 Å². The molecule has 1 atom stereocenters. The zero-order valence-electron chi connectivity index (χ0n) is 9.95. The summed E-state index contributed by atoms with van der Waals surface area (Å²) < 4.78 is 0. The smallest absolute Gasteiger partial charge is 0.115 e. The van der Waals surface area contributed by atoms with E-state index in [1.807, 2.05) is 12.1 Å². The number of aryl methyl sites for hydroxylation is 1. The number of hydrogen-bond acceptors (Lipinski definition) is 2. The van der Waals surface area contributed by atoms with Crippen LogP contribution < -0.4 is 5.32 Å². The van der Waals surface area contributed by atoms with Crippen molar-refractivity contribution in [3.8, 4) is 5.75 Å². The van der Waals surface area contributed by atoms with Gasteiger partial charge in [-0.3, -0.25) is 0 Å². The molecule has 2 rings (SSSR count). The van der Waals surface area contributed by atoms with E-state index in [1.165, 1.54) is 24.8 Å². The Kier molecular flexibility index (Phi) is 3.83. The third-order valence-electron chi connectivity index (χ3n) is 3.19. The molecule has 0 saturated heterocycles. The minimum Gasteiger partial charge on any atom is -0.508 e. The van der Waals surface area contributed by atoms with Gasteiger partial charge in [-0.25, -0.2) is 0 Å². The lowest BCUT2D eigenvalue weighted by Gasteiger charge is -2.12. The minimum absolute atomic E-state index is 0.354. The molecule has 0 aromatic heterocycles. The normalized spacial score (nSPS) is 17.3. The summed E-state index contributed by atoms with van der Waals surface area (Å²) in [5, 5.41) is 12.7. The van der Waals surface area contributed by atoms with E-state index in [-0.39, 0.29) is 0 Å². The van der Waals surface area contributed by atoms with Crippen LogP contribution in [-0.2, 0) is 6.42 Å². The standard InChI is InChI=1S/C14H21NO/c1-11(10-15-13-6-7-13)2-3-12-4-8-14(16)9-5-12/h4-5,8-9,11,13,15-16H,2-3,6-7,10H2,1H3. The van der Waals surface area contributed by atoms with Crippen molar-refractivity contribution in [1.29, 1.82) is 0 Å². The molecule has 0 amide bonds. The quantitative estimate of drug-likeness (QED) is 0.771. The number of rotatable bonds is 6. The van der Waals surface area contributed by atoms with Gasteiger partial charge in [-0.15, -0.1) is 0 Å². The molecule has 1 unspecified atom stereocenters. The van der Waals surface area contributed by atoms with Crippen LogP contribution in [-0.4, -0.2) is 17.7 Å². The number of phenols is 1. The van der Waals surface area contributed by atoms with Gasteiger partial charge >= 0.3 is 0 Å². The lowest BCUT2D eigenvalue weighted by molar-refractivity contribution is 0.472.